The van der Waals surface area contributed by atoms with Gasteiger partial charge in [-0.2, -0.15) is 0 Å². The molecule has 8 heavy (non-hydrogen) atoms. The van der Waals surface area contributed by atoms with Gasteiger partial charge in [0.25, 0.3) is 0 Å². The van der Waals surface area contributed by atoms with Gasteiger partial charge in [-0.15, -0.1) is 0 Å². The molecule has 0 heterocycles. The third-order valence-electron chi connectivity index (χ3n) is 1.15. The maximum atomic E-state index is 9.83. The first kappa shape index (κ1) is 5.37. The van der Waals surface area contributed by atoms with E-state index in [1.165, 1.54) is 0 Å². The number of nitrogens with one attached hydrogen (secondary N) is 1. The lowest BCUT2D eigenvalue weighted by molar-refractivity contribution is 0.193. The number of rotatable bonds is 1. The topological polar surface area (TPSA) is 75.3 Å². The van der Waals surface area contributed by atoms with Crippen molar-refractivity contribution in [2.45, 2.75) is 18.5 Å². The van der Waals surface area contributed by atoms with Crippen LogP contribution in [0.1, 0.15) is 6.42 Å². The molecule has 46 valence electrons. The predicted octanol–water partition coefficient (Wildman–Crippen LogP) is -0.646. The summed E-state index contributed by atoms with van der Waals surface area (Å²) in [7, 11) is 0. The van der Waals surface area contributed by atoms with Crippen molar-refractivity contribution in [3.8, 4) is 0 Å². The molecule has 0 aromatic heterocycles. The van der Waals surface area contributed by atoms with Crippen LogP contribution in [0.15, 0.2) is 0 Å². The molecule has 2 unspecified atom stereocenters. The fourth-order valence-electron chi connectivity index (χ4n) is 0.539. The second kappa shape index (κ2) is 1.63. The van der Waals surface area contributed by atoms with E-state index in [9.17, 15) is 4.79 Å². The minimum absolute atomic E-state index is 0.0208. The highest BCUT2D eigenvalue weighted by molar-refractivity contribution is 5.65. The number of nitrogens with two attached hydrogens (primary N) is 1. The van der Waals surface area contributed by atoms with Crippen LogP contribution in [0.25, 0.3) is 0 Å². The Hall–Kier alpha value is -0.770. The van der Waals surface area contributed by atoms with E-state index in [2.05, 4.69) is 5.32 Å². The third kappa shape index (κ3) is 1.10. The molecular formula is C4H8N2O2. The molecule has 0 aromatic rings. The van der Waals surface area contributed by atoms with Gasteiger partial charge in [-0.3, -0.25) is 0 Å². The zero-order valence-electron chi connectivity index (χ0n) is 4.29. The highest BCUT2D eigenvalue weighted by Gasteiger charge is 2.34. The van der Waals surface area contributed by atoms with Crippen molar-refractivity contribution in [3.63, 3.8) is 0 Å². The zero-order chi connectivity index (χ0) is 6.15. The van der Waals surface area contributed by atoms with Crippen molar-refractivity contribution < 1.29 is 9.90 Å². The van der Waals surface area contributed by atoms with Gasteiger partial charge in [-0.05, 0) is 6.42 Å². The van der Waals surface area contributed by atoms with Crippen molar-refractivity contribution in [1.82, 2.24) is 5.32 Å². The van der Waals surface area contributed by atoms with Crippen LogP contribution in [0.2, 0.25) is 0 Å². The number of carbonyl (C=O) groups is 1. The SMILES string of the molecule is NC1CC1NC(=O)O. The molecule has 1 amide bonds. The lowest BCUT2D eigenvalue weighted by atomic mass is 10.7. The molecule has 4 heteroatoms. The Balaban J connectivity index is 2.14. The van der Waals surface area contributed by atoms with Gasteiger partial charge in [0, 0.05) is 12.1 Å². The summed E-state index contributed by atoms with van der Waals surface area (Å²) in [5, 5.41) is 10.3. The first-order valence-electron chi connectivity index (χ1n) is 2.45. The minimum Gasteiger partial charge on any atom is -0.465 e. The van der Waals surface area contributed by atoms with Crippen LogP contribution in [0, 0.1) is 0 Å². The summed E-state index contributed by atoms with van der Waals surface area (Å²) in [6.07, 6.45) is -0.199. The van der Waals surface area contributed by atoms with E-state index >= 15 is 0 Å². The smallest absolute Gasteiger partial charge is 0.404 e. The average molecular weight is 116 g/mol. The van der Waals surface area contributed by atoms with Gasteiger partial charge >= 0.3 is 6.09 Å². The van der Waals surface area contributed by atoms with Crippen molar-refractivity contribution >= 4 is 6.09 Å². The number of carboxylic acid groups (broad SMARTS) is 1. The van der Waals surface area contributed by atoms with Crippen molar-refractivity contribution in [3.05, 3.63) is 0 Å². The summed E-state index contributed by atoms with van der Waals surface area (Å²) in [5.41, 5.74) is 5.29. The lowest BCUT2D eigenvalue weighted by Crippen LogP contribution is -2.27. The molecule has 1 aliphatic rings. The van der Waals surface area contributed by atoms with E-state index in [0.717, 1.165) is 6.42 Å². The van der Waals surface area contributed by atoms with Crippen molar-refractivity contribution in [1.29, 1.82) is 0 Å². The Morgan fingerprint density at radius 1 is 1.88 bits per heavy atom. The lowest BCUT2D eigenvalue weighted by Gasteiger charge is -1.92. The molecule has 0 spiro atoms. The normalized spacial score (nSPS) is 34.1. The Kier molecular flexibility index (Phi) is 1.09. The Bertz CT molecular complexity index is 115. The van der Waals surface area contributed by atoms with Crippen LogP contribution < -0.4 is 11.1 Å². The monoisotopic (exact) mass is 116 g/mol. The van der Waals surface area contributed by atoms with Crippen LogP contribution in [0.3, 0.4) is 0 Å². The quantitative estimate of drug-likeness (QED) is 0.426. The zero-order valence-corrected chi connectivity index (χ0v) is 4.29. The largest absolute Gasteiger partial charge is 0.465 e. The van der Waals surface area contributed by atoms with Gasteiger partial charge in [-0.1, -0.05) is 0 Å². The van der Waals surface area contributed by atoms with E-state index in [-0.39, 0.29) is 12.1 Å². The summed E-state index contributed by atoms with van der Waals surface area (Å²) in [4.78, 5) is 9.83. The predicted molar refractivity (Wildman–Crippen MR) is 27.5 cm³/mol. The molecule has 1 rings (SSSR count). The van der Waals surface area contributed by atoms with Crippen molar-refractivity contribution in [2.24, 2.45) is 5.73 Å². The number of amides is 1. The van der Waals surface area contributed by atoms with E-state index in [4.69, 9.17) is 10.8 Å². The van der Waals surface area contributed by atoms with Gasteiger partial charge in [-0.25, -0.2) is 4.79 Å². The molecule has 1 saturated carbocycles. The molecular weight excluding hydrogens is 108 g/mol. The molecule has 0 radical (unpaired) electrons. The van der Waals surface area contributed by atoms with Crippen LogP contribution in [-0.4, -0.2) is 23.3 Å². The molecule has 1 aliphatic carbocycles. The second-order valence-electron chi connectivity index (χ2n) is 1.96. The summed E-state index contributed by atoms with van der Waals surface area (Å²) in [6.45, 7) is 0. The Morgan fingerprint density at radius 2 is 2.38 bits per heavy atom. The average Bonchev–Trinajstić information content (AvgIpc) is 2.17. The highest BCUT2D eigenvalue weighted by atomic mass is 16.4. The Morgan fingerprint density at radius 3 is 2.50 bits per heavy atom. The van der Waals surface area contributed by atoms with Gasteiger partial charge < -0.3 is 16.2 Å². The highest BCUT2D eigenvalue weighted by Crippen LogP contribution is 2.16. The summed E-state index contributed by atoms with van der Waals surface area (Å²) in [6, 6.07) is 0.0820. The number of hydrogen-bond acceptors (Lipinski definition) is 2. The molecule has 0 bridgehead atoms. The molecule has 0 aliphatic heterocycles. The third-order valence-corrected chi connectivity index (χ3v) is 1.15. The number of hydrogen-bond donors (Lipinski definition) is 3. The Labute approximate surface area is 46.7 Å². The fourth-order valence-corrected chi connectivity index (χ4v) is 0.539. The fraction of sp³-hybridized carbons (Fsp3) is 0.750. The first-order chi connectivity index (χ1) is 3.70. The maximum Gasteiger partial charge on any atom is 0.404 e. The molecule has 4 N–H and O–H groups in total. The van der Waals surface area contributed by atoms with E-state index in [1.54, 1.807) is 0 Å². The first-order valence-corrected chi connectivity index (χ1v) is 2.45. The summed E-state index contributed by atoms with van der Waals surface area (Å²) < 4.78 is 0. The van der Waals surface area contributed by atoms with Crippen LogP contribution in [0.5, 0.6) is 0 Å². The van der Waals surface area contributed by atoms with Gasteiger partial charge in [0.1, 0.15) is 0 Å². The molecule has 0 aromatic carbocycles. The standard InChI is InChI=1S/C4H8N2O2/c5-2-1-3(2)6-4(7)8/h2-3,6H,1,5H2,(H,7,8). The van der Waals surface area contributed by atoms with E-state index < -0.39 is 6.09 Å². The minimum atomic E-state index is -0.983. The maximum absolute atomic E-state index is 9.83. The van der Waals surface area contributed by atoms with E-state index in [1.807, 2.05) is 0 Å². The van der Waals surface area contributed by atoms with Crippen molar-refractivity contribution in [2.75, 3.05) is 0 Å². The summed E-state index contributed by atoms with van der Waals surface area (Å²) >= 11 is 0. The molecule has 0 saturated heterocycles. The van der Waals surface area contributed by atoms with Crippen LogP contribution >= 0.6 is 0 Å². The van der Waals surface area contributed by atoms with E-state index in [0.29, 0.717) is 0 Å². The van der Waals surface area contributed by atoms with Crippen LogP contribution in [-0.2, 0) is 0 Å². The molecule has 4 nitrogen and oxygen atoms in total. The molecule has 1 fully saturated rings. The van der Waals surface area contributed by atoms with Gasteiger partial charge in [0.05, 0.1) is 0 Å². The second-order valence-corrected chi connectivity index (χ2v) is 1.96. The molecule has 2 atom stereocenters. The van der Waals surface area contributed by atoms with Crippen LogP contribution in [0.4, 0.5) is 4.79 Å². The van der Waals surface area contributed by atoms with Gasteiger partial charge in [0.15, 0.2) is 0 Å². The summed E-state index contributed by atoms with van der Waals surface area (Å²) in [5.74, 6) is 0. The van der Waals surface area contributed by atoms with Gasteiger partial charge in [0.2, 0.25) is 0 Å².